The first kappa shape index (κ1) is 19.6. The maximum atomic E-state index is 12.8. The van der Waals surface area contributed by atoms with Crippen molar-refractivity contribution in [2.45, 2.75) is 19.5 Å². The highest BCUT2D eigenvalue weighted by molar-refractivity contribution is 5.98. The van der Waals surface area contributed by atoms with E-state index in [0.29, 0.717) is 24.4 Å². The molecule has 0 aliphatic carbocycles. The van der Waals surface area contributed by atoms with Gasteiger partial charge in [0.05, 0.1) is 18.8 Å². The molecule has 2 amide bonds. The molecular weight excluding hydrogens is 360 g/mol. The van der Waals surface area contributed by atoms with Crippen LogP contribution in [0.4, 0.5) is 5.69 Å². The molecule has 146 valence electrons. The second kappa shape index (κ2) is 9.14. The van der Waals surface area contributed by atoms with Gasteiger partial charge in [0.1, 0.15) is 12.6 Å². The van der Waals surface area contributed by atoms with E-state index in [1.807, 2.05) is 30.3 Å². The third-order valence-corrected chi connectivity index (χ3v) is 4.36. The van der Waals surface area contributed by atoms with Crippen molar-refractivity contribution in [1.29, 1.82) is 0 Å². The number of nitrogens with zero attached hydrogens (tertiary/aromatic N) is 1. The summed E-state index contributed by atoms with van der Waals surface area (Å²) in [7, 11) is 0. The van der Waals surface area contributed by atoms with Crippen LogP contribution in [0.15, 0.2) is 54.6 Å². The lowest BCUT2D eigenvalue weighted by Gasteiger charge is -2.34. The largest absolute Gasteiger partial charge is 0.462 e. The van der Waals surface area contributed by atoms with Crippen molar-refractivity contribution in [3.8, 4) is 0 Å². The summed E-state index contributed by atoms with van der Waals surface area (Å²) >= 11 is 0. The first-order valence-electron chi connectivity index (χ1n) is 9.07. The van der Waals surface area contributed by atoms with E-state index in [2.05, 4.69) is 5.32 Å². The molecule has 1 atom stereocenters. The molecule has 0 unspecified atom stereocenters. The minimum atomic E-state index is -0.730. The van der Waals surface area contributed by atoms with Gasteiger partial charge in [0, 0.05) is 12.2 Å². The van der Waals surface area contributed by atoms with Crippen LogP contribution >= 0.6 is 0 Å². The highest BCUT2D eigenvalue weighted by Crippen LogP contribution is 2.17. The van der Waals surface area contributed by atoms with E-state index in [0.717, 1.165) is 5.56 Å². The second-order valence-electron chi connectivity index (χ2n) is 6.33. The summed E-state index contributed by atoms with van der Waals surface area (Å²) in [5, 5.41) is 2.78. The van der Waals surface area contributed by atoms with Crippen molar-refractivity contribution in [2.24, 2.45) is 0 Å². The van der Waals surface area contributed by atoms with E-state index in [4.69, 9.17) is 9.47 Å². The molecule has 2 aromatic carbocycles. The lowest BCUT2D eigenvalue weighted by molar-refractivity contribution is -0.154. The number of hydrogen-bond donors (Lipinski definition) is 1. The number of nitrogens with one attached hydrogen (secondary N) is 1. The monoisotopic (exact) mass is 382 g/mol. The Morgan fingerprint density at radius 1 is 1.14 bits per heavy atom. The van der Waals surface area contributed by atoms with Gasteiger partial charge in [-0.25, -0.2) is 4.79 Å². The number of hydrogen-bond acceptors (Lipinski definition) is 5. The fraction of sp³-hybridized carbons (Fsp3) is 0.286. The van der Waals surface area contributed by atoms with E-state index in [-0.39, 0.29) is 25.0 Å². The van der Waals surface area contributed by atoms with Gasteiger partial charge in [-0.1, -0.05) is 30.3 Å². The van der Waals surface area contributed by atoms with Gasteiger partial charge in [0.15, 0.2) is 0 Å². The van der Waals surface area contributed by atoms with Crippen molar-refractivity contribution in [3.63, 3.8) is 0 Å². The fourth-order valence-corrected chi connectivity index (χ4v) is 2.93. The van der Waals surface area contributed by atoms with Crippen LogP contribution in [-0.2, 0) is 25.6 Å². The molecule has 0 saturated carbocycles. The smallest absolute Gasteiger partial charge is 0.338 e. The van der Waals surface area contributed by atoms with Gasteiger partial charge in [-0.15, -0.1) is 0 Å². The molecule has 0 bridgehead atoms. The second-order valence-corrected chi connectivity index (χ2v) is 6.33. The van der Waals surface area contributed by atoms with E-state index >= 15 is 0 Å². The Hall–Kier alpha value is -3.19. The number of carbonyl (C=O) groups excluding carboxylic acids is 3. The van der Waals surface area contributed by atoms with Crippen LogP contribution in [0, 0.1) is 0 Å². The molecule has 0 spiro atoms. The number of benzene rings is 2. The predicted octanol–water partition coefficient (Wildman–Crippen LogP) is 2.23. The average molecular weight is 382 g/mol. The highest BCUT2D eigenvalue weighted by atomic mass is 16.5. The van der Waals surface area contributed by atoms with Crippen LogP contribution in [0.25, 0.3) is 0 Å². The number of carbonyl (C=O) groups is 3. The molecule has 1 aliphatic rings. The minimum absolute atomic E-state index is 0.0369. The van der Waals surface area contributed by atoms with Crippen molar-refractivity contribution >= 4 is 23.5 Å². The Bertz CT molecular complexity index is 836. The number of rotatable bonds is 6. The summed E-state index contributed by atoms with van der Waals surface area (Å²) < 4.78 is 10.2. The van der Waals surface area contributed by atoms with Gasteiger partial charge in [-0.05, 0) is 36.8 Å². The van der Waals surface area contributed by atoms with Crippen LogP contribution in [0.2, 0.25) is 0 Å². The zero-order valence-electron chi connectivity index (χ0n) is 15.6. The molecule has 1 N–H and O–H groups in total. The van der Waals surface area contributed by atoms with Crippen LogP contribution in [0.5, 0.6) is 0 Å². The van der Waals surface area contributed by atoms with Gasteiger partial charge >= 0.3 is 5.97 Å². The average Bonchev–Trinajstić information content (AvgIpc) is 2.71. The van der Waals surface area contributed by atoms with E-state index in [1.165, 1.54) is 4.90 Å². The third-order valence-electron chi connectivity index (χ3n) is 4.36. The molecule has 1 aliphatic heterocycles. The van der Waals surface area contributed by atoms with Crippen LogP contribution in [0.3, 0.4) is 0 Å². The number of morpholine rings is 1. The molecule has 7 heteroatoms. The predicted molar refractivity (Wildman–Crippen MR) is 103 cm³/mol. The highest BCUT2D eigenvalue weighted by Gasteiger charge is 2.34. The summed E-state index contributed by atoms with van der Waals surface area (Å²) in [6, 6.07) is 15.2. The first-order valence-corrected chi connectivity index (χ1v) is 9.07. The Morgan fingerprint density at radius 2 is 1.86 bits per heavy atom. The Balaban J connectivity index is 1.69. The van der Waals surface area contributed by atoms with E-state index < -0.39 is 12.0 Å². The van der Waals surface area contributed by atoms with Gasteiger partial charge in [0.25, 0.3) is 0 Å². The molecule has 7 nitrogen and oxygen atoms in total. The molecule has 1 saturated heterocycles. The summed E-state index contributed by atoms with van der Waals surface area (Å²) in [4.78, 5) is 38.3. The molecular formula is C21H22N2O5. The molecule has 2 aromatic rings. The van der Waals surface area contributed by atoms with Gasteiger partial charge in [0.2, 0.25) is 11.8 Å². The van der Waals surface area contributed by atoms with E-state index in [1.54, 1.807) is 31.2 Å². The van der Waals surface area contributed by atoms with Crippen molar-refractivity contribution in [1.82, 2.24) is 4.90 Å². The fourth-order valence-electron chi connectivity index (χ4n) is 2.93. The van der Waals surface area contributed by atoms with Crippen molar-refractivity contribution < 1.29 is 23.9 Å². The number of amides is 2. The molecule has 1 fully saturated rings. The number of anilines is 1. The summed E-state index contributed by atoms with van der Waals surface area (Å²) in [5.74, 6) is -0.985. The molecule has 3 rings (SSSR count). The number of esters is 1. The number of ether oxygens (including phenoxy) is 2. The van der Waals surface area contributed by atoms with Crippen LogP contribution < -0.4 is 5.32 Å². The SMILES string of the molecule is CCOC(=O)c1ccc(NC(=O)[C@H]2COCC(=O)N2Cc2ccccc2)cc1. The lowest BCUT2D eigenvalue weighted by Crippen LogP contribution is -2.54. The normalized spacial score (nSPS) is 16.5. The zero-order chi connectivity index (χ0) is 19.9. The minimum Gasteiger partial charge on any atom is -0.462 e. The summed E-state index contributed by atoms with van der Waals surface area (Å²) in [6.07, 6.45) is 0. The Kier molecular flexibility index (Phi) is 6.39. The summed E-state index contributed by atoms with van der Waals surface area (Å²) in [6.45, 7) is 2.46. The van der Waals surface area contributed by atoms with Crippen molar-refractivity contribution in [2.75, 3.05) is 25.1 Å². The Morgan fingerprint density at radius 3 is 2.54 bits per heavy atom. The standard InChI is InChI=1S/C21H22N2O5/c1-2-28-21(26)16-8-10-17(11-9-16)22-20(25)18-13-27-14-19(24)23(18)12-15-6-4-3-5-7-15/h3-11,18H,2,12-14H2,1H3,(H,22,25)/t18-/m1/s1. The molecule has 0 radical (unpaired) electrons. The van der Waals surface area contributed by atoms with Gasteiger partial charge < -0.3 is 19.7 Å². The molecule has 28 heavy (non-hydrogen) atoms. The maximum Gasteiger partial charge on any atom is 0.338 e. The molecule has 1 heterocycles. The zero-order valence-corrected chi connectivity index (χ0v) is 15.6. The maximum absolute atomic E-state index is 12.8. The lowest BCUT2D eigenvalue weighted by atomic mass is 10.1. The van der Waals surface area contributed by atoms with Crippen LogP contribution in [0.1, 0.15) is 22.8 Å². The third kappa shape index (κ3) is 4.75. The van der Waals surface area contributed by atoms with Gasteiger partial charge in [-0.3, -0.25) is 9.59 Å². The Labute approximate surface area is 163 Å². The van der Waals surface area contributed by atoms with Crippen LogP contribution in [-0.4, -0.2) is 48.5 Å². The van der Waals surface area contributed by atoms with Gasteiger partial charge in [-0.2, -0.15) is 0 Å². The quantitative estimate of drug-likeness (QED) is 0.775. The van der Waals surface area contributed by atoms with E-state index in [9.17, 15) is 14.4 Å². The summed E-state index contributed by atoms with van der Waals surface area (Å²) in [5.41, 5.74) is 1.87. The molecule has 0 aromatic heterocycles. The first-order chi connectivity index (χ1) is 13.6. The topological polar surface area (TPSA) is 84.9 Å². The van der Waals surface area contributed by atoms with Crippen molar-refractivity contribution in [3.05, 3.63) is 65.7 Å².